The van der Waals surface area contributed by atoms with Gasteiger partial charge in [0.2, 0.25) is 11.8 Å². The summed E-state index contributed by atoms with van der Waals surface area (Å²) in [7, 11) is 1.70. The Bertz CT molecular complexity index is 964. The topological polar surface area (TPSA) is 112 Å². The van der Waals surface area contributed by atoms with Crippen molar-refractivity contribution in [2.75, 3.05) is 33.0 Å². The van der Waals surface area contributed by atoms with E-state index in [1.54, 1.807) is 11.6 Å². The zero-order chi connectivity index (χ0) is 22.2. The molecule has 2 aromatic rings. The first-order chi connectivity index (χ1) is 15.0. The zero-order valence-corrected chi connectivity index (χ0v) is 18.0. The van der Waals surface area contributed by atoms with Gasteiger partial charge in [-0.15, -0.1) is 0 Å². The Morgan fingerprint density at radius 2 is 1.74 bits per heavy atom. The quantitative estimate of drug-likeness (QED) is 0.382. The number of hydrogen-bond donors (Lipinski definition) is 2. The van der Waals surface area contributed by atoms with E-state index in [9.17, 15) is 14.4 Å². The van der Waals surface area contributed by atoms with Crippen LogP contribution in [0.1, 0.15) is 43.7 Å². The second-order valence-electron chi connectivity index (χ2n) is 7.76. The van der Waals surface area contributed by atoms with E-state index in [0.717, 1.165) is 30.3 Å². The molecule has 0 bridgehead atoms. The Kier molecular flexibility index (Phi) is 8.39. The number of nitrogens with one attached hydrogen (secondary N) is 1. The molecule has 1 aliphatic heterocycles. The number of nitrogens with zero attached hydrogens (tertiary/aromatic N) is 2. The van der Waals surface area contributed by atoms with Crippen molar-refractivity contribution in [3.8, 4) is 0 Å². The van der Waals surface area contributed by atoms with Crippen molar-refractivity contribution in [3.63, 3.8) is 0 Å². The molecular formula is C22H31N3O6. The third-order valence-electron chi connectivity index (χ3n) is 5.45. The average molecular weight is 434 g/mol. The molecule has 3 rings (SSSR count). The fourth-order valence-electron chi connectivity index (χ4n) is 3.81. The van der Waals surface area contributed by atoms with Gasteiger partial charge in [0, 0.05) is 46.5 Å². The summed E-state index contributed by atoms with van der Waals surface area (Å²) >= 11 is 0. The number of fused-ring (bicyclic) bond motifs is 1. The molecule has 1 aromatic heterocycles. The molecule has 0 radical (unpaired) electrons. The number of carbonyl (C=O) groups excluding carboxylic acids is 2. The van der Waals surface area contributed by atoms with Crippen molar-refractivity contribution >= 4 is 22.8 Å². The third kappa shape index (κ3) is 5.81. The number of aliphatic hydroxyl groups excluding tert-OH is 1. The molecule has 2 N–H and O–H groups in total. The first-order valence-corrected chi connectivity index (χ1v) is 10.8. The maximum atomic E-state index is 12.8. The summed E-state index contributed by atoms with van der Waals surface area (Å²) in [5.41, 5.74) is 2.31. The van der Waals surface area contributed by atoms with E-state index < -0.39 is 11.9 Å². The van der Waals surface area contributed by atoms with Crippen LogP contribution >= 0.6 is 0 Å². The number of ether oxygens (including phenoxy) is 2. The molecule has 1 unspecified atom stereocenters. The van der Waals surface area contributed by atoms with E-state index in [2.05, 4.69) is 5.32 Å². The monoisotopic (exact) mass is 433 g/mol. The number of amides is 2. The van der Waals surface area contributed by atoms with Crippen molar-refractivity contribution in [3.05, 3.63) is 34.2 Å². The minimum atomic E-state index is -0.666. The molecule has 2 heterocycles. The highest BCUT2D eigenvalue weighted by Crippen LogP contribution is 2.24. The van der Waals surface area contributed by atoms with Crippen LogP contribution in [0, 0.1) is 0 Å². The van der Waals surface area contributed by atoms with Crippen LogP contribution in [-0.2, 0) is 32.5 Å². The van der Waals surface area contributed by atoms with Crippen LogP contribution in [0.5, 0.6) is 0 Å². The maximum Gasteiger partial charge on any atom is 0.329 e. The van der Waals surface area contributed by atoms with Crippen LogP contribution in [0.15, 0.2) is 23.0 Å². The van der Waals surface area contributed by atoms with Gasteiger partial charge in [-0.2, -0.15) is 0 Å². The molecule has 1 saturated heterocycles. The Morgan fingerprint density at radius 1 is 1.03 bits per heavy atom. The molecule has 31 heavy (non-hydrogen) atoms. The SMILES string of the molecule is Cn1c(=O)n(C2CCC(=O)NC2=O)c2ccc(CCCOCCCOCCCO)cc21. The third-order valence-corrected chi connectivity index (χ3v) is 5.45. The molecule has 2 amide bonds. The number of benzene rings is 1. The minimum Gasteiger partial charge on any atom is -0.396 e. The van der Waals surface area contributed by atoms with E-state index in [4.69, 9.17) is 14.6 Å². The Morgan fingerprint density at radius 3 is 2.45 bits per heavy atom. The molecule has 170 valence electrons. The van der Waals surface area contributed by atoms with E-state index in [1.165, 1.54) is 4.57 Å². The maximum absolute atomic E-state index is 12.8. The number of imide groups is 1. The Labute approximate surface area is 180 Å². The summed E-state index contributed by atoms with van der Waals surface area (Å²) in [6, 6.07) is 5.16. The zero-order valence-electron chi connectivity index (χ0n) is 18.0. The van der Waals surface area contributed by atoms with E-state index in [0.29, 0.717) is 44.8 Å². The van der Waals surface area contributed by atoms with Gasteiger partial charge in [-0.3, -0.25) is 24.0 Å². The van der Waals surface area contributed by atoms with Crippen molar-refractivity contribution < 1.29 is 24.2 Å². The number of piperidine rings is 1. The molecule has 1 aliphatic rings. The number of hydrogen-bond acceptors (Lipinski definition) is 6. The van der Waals surface area contributed by atoms with Gasteiger partial charge in [0.25, 0.3) is 0 Å². The highest BCUT2D eigenvalue weighted by Gasteiger charge is 2.31. The van der Waals surface area contributed by atoms with Crippen molar-refractivity contribution in [2.45, 2.75) is 44.6 Å². The van der Waals surface area contributed by atoms with Crippen LogP contribution < -0.4 is 11.0 Å². The Balaban J connectivity index is 1.54. The lowest BCUT2D eigenvalue weighted by molar-refractivity contribution is -0.135. The molecule has 1 atom stereocenters. The summed E-state index contributed by atoms with van der Waals surface area (Å²) in [6.45, 7) is 2.64. The van der Waals surface area contributed by atoms with Gasteiger partial charge >= 0.3 is 5.69 Å². The first-order valence-electron chi connectivity index (χ1n) is 10.8. The summed E-state index contributed by atoms with van der Waals surface area (Å²) < 4.78 is 14.0. The standard InChI is InChI=1S/C22H31N3O6/c1-24-19-15-16(5-2-11-30-13-4-14-31-12-3-10-26)6-7-17(19)25(22(24)29)18-8-9-20(27)23-21(18)28/h6-7,15,18,26H,2-5,8-14H2,1H3,(H,23,27,28). The highest BCUT2D eigenvalue weighted by molar-refractivity contribution is 6.00. The summed E-state index contributed by atoms with van der Waals surface area (Å²) in [6.07, 6.45) is 3.72. The van der Waals surface area contributed by atoms with Crippen LogP contribution in [-0.4, -0.2) is 59.1 Å². The smallest absolute Gasteiger partial charge is 0.329 e. The van der Waals surface area contributed by atoms with E-state index >= 15 is 0 Å². The summed E-state index contributed by atoms with van der Waals surface area (Å²) in [5.74, 6) is -0.723. The van der Waals surface area contributed by atoms with Gasteiger partial charge in [0.15, 0.2) is 0 Å². The molecule has 0 aliphatic carbocycles. The lowest BCUT2D eigenvalue weighted by Gasteiger charge is -2.21. The second-order valence-corrected chi connectivity index (χ2v) is 7.76. The van der Waals surface area contributed by atoms with Crippen molar-refractivity contribution in [2.24, 2.45) is 7.05 Å². The predicted molar refractivity (Wildman–Crippen MR) is 115 cm³/mol. The molecule has 0 saturated carbocycles. The lowest BCUT2D eigenvalue weighted by atomic mass is 10.1. The molecule has 1 aromatic carbocycles. The number of rotatable bonds is 12. The van der Waals surface area contributed by atoms with Crippen LogP contribution in [0.3, 0.4) is 0 Å². The van der Waals surface area contributed by atoms with Gasteiger partial charge in [-0.05, 0) is 49.8 Å². The number of aliphatic hydroxyl groups is 1. The normalized spacial score (nSPS) is 16.8. The summed E-state index contributed by atoms with van der Waals surface area (Å²) in [4.78, 5) is 36.5. The van der Waals surface area contributed by atoms with Crippen molar-refractivity contribution in [1.29, 1.82) is 0 Å². The van der Waals surface area contributed by atoms with Gasteiger partial charge in [0.1, 0.15) is 6.04 Å². The number of aryl methyl sites for hydroxylation is 2. The molecule has 9 heteroatoms. The molecule has 0 spiro atoms. The number of carbonyl (C=O) groups is 2. The largest absolute Gasteiger partial charge is 0.396 e. The Hall–Kier alpha value is -2.49. The number of imidazole rings is 1. The average Bonchev–Trinajstić information content (AvgIpc) is 3.00. The van der Waals surface area contributed by atoms with Gasteiger partial charge in [-0.1, -0.05) is 6.07 Å². The van der Waals surface area contributed by atoms with Crippen molar-refractivity contribution in [1.82, 2.24) is 14.5 Å². The van der Waals surface area contributed by atoms with E-state index in [1.807, 2.05) is 18.2 Å². The number of aromatic nitrogens is 2. The van der Waals surface area contributed by atoms with Gasteiger partial charge in [-0.25, -0.2) is 4.79 Å². The van der Waals surface area contributed by atoms with Crippen LogP contribution in [0.4, 0.5) is 0 Å². The minimum absolute atomic E-state index is 0.151. The molecule has 9 nitrogen and oxygen atoms in total. The summed E-state index contributed by atoms with van der Waals surface area (Å²) in [5, 5.41) is 11.0. The molecular weight excluding hydrogens is 402 g/mol. The highest BCUT2D eigenvalue weighted by atomic mass is 16.5. The lowest BCUT2D eigenvalue weighted by Crippen LogP contribution is -2.44. The fraction of sp³-hybridized carbons (Fsp3) is 0.591. The molecule has 1 fully saturated rings. The first kappa shape index (κ1) is 23.2. The predicted octanol–water partition coefficient (Wildman–Crippen LogP) is 1.06. The van der Waals surface area contributed by atoms with Crippen LogP contribution in [0.2, 0.25) is 0 Å². The van der Waals surface area contributed by atoms with E-state index in [-0.39, 0.29) is 24.6 Å². The van der Waals surface area contributed by atoms with Crippen LogP contribution in [0.25, 0.3) is 11.0 Å². The van der Waals surface area contributed by atoms with Gasteiger partial charge in [0.05, 0.1) is 11.0 Å². The van der Waals surface area contributed by atoms with Gasteiger partial charge < -0.3 is 14.6 Å². The second kappa shape index (κ2) is 11.2. The fourth-order valence-corrected chi connectivity index (χ4v) is 3.81.